The van der Waals surface area contributed by atoms with Gasteiger partial charge in [0.1, 0.15) is 0 Å². The van der Waals surface area contributed by atoms with Crippen LogP contribution in [-0.4, -0.2) is 23.4 Å². The molecule has 0 fully saturated rings. The van der Waals surface area contributed by atoms with Crippen molar-refractivity contribution in [1.29, 1.82) is 5.26 Å². The monoisotopic (exact) mass is 255 g/mol. The lowest BCUT2D eigenvalue weighted by Crippen LogP contribution is -2.43. The number of nitrogens with zero attached hydrogens (tertiary/aromatic N) is 2. The SMILES string of the molecule is C#CCC(N)C(=O)N(CC)Cc1ccccc1C#N. The number of terminal acetylenes is 1. The fourth-order valence-electron chi connectivity index (χ4n) is 1.77. The van der Waals surface area contributed by atoms with Crippen LogP contribution in [0.1, 0.15) is 24.5 Å². The standard InChI is InChI=1S/C15H17N3O/c1-3-7-14(17)15(19)18(4-2)11-13-9-6-5-8-12(13)10-16/h1,5-6,8-9,14H,4,7,11,17H2,2H3. The molecular formula is C15H17N3O. The number of rotatable bonds is 5. The molecular weight excluding hydrogens is 238 g/mol. The molecule has 1 amide bonds. The number of nitriles is 1. The van der Waals surface area contributed by atoms with E-state index in [1.54, 1.807) is 17.0 Å². The Morgan fingerprint density at radius 1 is 1.53 bits per heavy atom. The van der Waals surface area contributed by atoms with E-state index in [0.29, 0.717) is 18.7 Å². The third kappa shape index (κ3) is 3.84. The largest absolute Gasteiger partial charge is 0.337 e. The van der Waals surface area contributed by atoms with Crippen LogP contribution in [0.5, 0.6) is 0 Å². The van der Waals surface area contributed by atoms with Crippen LogP contribution in [0.4, 0.5) is 0 Å². The molecule has 1 aromatic carbocycles. The molecule has 0 aromatic heterocycles. The molecule has 19 heavy (non-hydrogen) atoms. The lowest BCUT2D eigenvalue weighted by molar-refractivity contribution is -0.132. The van der Waals surface area contributed by atoms with Crippen LogP contribution >= 0.6 is 0 Å². The summed E-state index contributed by atoms with van der Waals surface area (Å²) in [5.74, 6) is 2.20. The molecule has 0 aliphatic carbocycles. The topological polar surface area (TPSA) is 70.1 Å². The second kappa shape index (κ2) is 7.20. The van der Waals surface area contributed by atoms with E-state index in [1.165, 1.54) is 0 Å². The van der Waals surface area contributed by atoms with Gasteiger partial charge in [0.15, 0.2) is 0 Å². The van der Waals surface area contributed by atoms with Crippen molar-refractivity contribution in [2.45, 2.75) is 25.9 Å². The lowest BCUT2D eigenvalue weighted by atomic mass is 10.1. The van der Waals surface area contributed by atoms with Crippen molar-refractivity contribution in [3.63, 3.8) is 0 Å². The first-order valence-electron chi connectivity index (χ1n) is 6.09. The minimum atomic E-state index is -0.681. The van der Waals surface area contributed by atoms with Gasteiger partial charge in [0.25, 0.3) is 0 Å². The molecule has 1 unspecified atom stereocenters. The molecule has 1 atom stereocenters. The molecule has 0 aliphatic rings. The molecule has 1 aromatic rings. The highest BCUT2D eigenvalue weighted by atomic mass is 16.2. The summed E-state index contributed by atoms with van der Waals surface area (Å²) < 4.78 is 0. The smallest absolute Gasteiger partial charge is 0.240 e. The van der Waals surface area contributed by atoms with Crippen LogP contribution in [-0.2, 0) is 11.3 Å². The normalized spacial score (nSPS) is 11.2. The van der Waals surface area contributed by atoms with Crippen LogP contribution in [0.25, 0.3) is 0 Å². The van der Waals surface area contributed by atoms with Gasteiger partial charge in [0.2, 0.25) is 5.91 Å². The number of benzene rings is 1. The summed E-state index contributed by atoms with van der Waals surface area (Å²) in [6, 6.07) is 8.64. The van der Waals surface area contributed by atoms with Gasteiger partial charge in [-0.05, 0) is 18.6 Å². The van der Waals surface area contributed by atoms with E-state index in [9.17, 15) is 4.79 Å². The molecule has 0 spiro atoms. The van der Waals surface area contributed by atoms with Crippen molar-refractivity contribution in [3.8, 4) is 18.4 Å². The van der Waals surface area contributed by atoms with Crippen LogP contribution in [0, 0.1) is 23.7 Å². The van der Waals surface area contributed by atoms with Gasteiger partial charge in [0.05, 0.1) is 17.7 Å². The van der Waals surface area contributed by atoms with E-state index >= 15 is 0 Å². The van der Waals surface area contributed by atoms with Crippen molar-refractivity contribution in [2.24, 2.45) is 5.73 Å². The van der Waals surface area contributed by atoms with Crippen molar-refractivity contribution >= 4 is 5.91 Å². The van der Waals surface area contributed by atoms with Crippen molar-refractivity contribution < 1.29 is 4.79 Å². The Hall–Kier alpha value is -2.30. The van der Waals surface area contributed by atoms with E-state index in [2.05, 4.69) is 12.0 Å². The Morgan fingerprint density at radius 3 is 2.79 bits per heavy atom. The Morgan fingerprint density at radius 2 is 2.21 bits per heavy atom. The molecule has 0 saturated carbocycles. The van der Waals surface area contributed by atoms with Gasteiger partial charge >= 0.3 is 0 Å². The highest BCUT2D eigenvalue weighted by Gasteiger charge is 2.19. The zero-order chi connectivity index (χ0) is 14.3. The maximum Gasteiger partial charge on any atom is 0.240 e. The lowest BCUT2D eigenvalue weighted by Gasteiger charge is -2.24. The second-order valence-corrected chi connectivity index (χ2v) is 4.14. The average Bonchev–Trinajstić information content (AvgIpc) is 2.44. The first-order chi connectivity index (χ1) is 9.13. The molecule has 0 heterocycles. The highest BCUT2D eigenvalue weighted by Crippen LogP contribution is 2.11. The predicted octanol–water partition coefficient (Wildman–Crippen LogP) is 1.26. The number of nitrogens with two attached hydrogens (primary N) is 1. The first-order valence-corrected chi connectivity index (χ1v) is 6.09. The molecule has 2 N–H and O–H groups in total. The summed E-state index contributed by atoms with van der Waals surface area (Å²) in [5, 5.41) is 9.03. The fraction of sp³-hybridized carbons (Fsp3) is 0.333. The first kappa shape index (κ1) is 14.8. The van der Waals surface area contributed by atoms with Crippen molar-refractivity contribution in [3.05, 3.63) is 35.4 Å². The fourth-order valence-corrected chi connectivity index (χ4v) is 1.77. The minimum Gasteiger partial charge on any atom is -0.337 e. The maximum atomic E-state index is 12.1. The van der Waals surface area contributed by atoms with Gasteiger partial charge in [-0.15, -0.1) is 12.3 Å². The Kier molecular flexibility index (Phi) is 5.60. The zero-order valence-corrected chi connectivity index (χ0v) is 11.0. The highest BCUT2D eigenvalue weighted by molar-refractivity contribution is 5.82. The van der Waals surface area contributed by atoms with Crippen LogP contribution in [0.2, 0.25) is 0 Å². The Labute approximate surface area is 113 Å². The summed E-state index contributed by atoms with van der Waals surface area (Å²) in [4.78, 5) is 13.7. The van der Waals surface area contributed by atoms with E-state index < -0.39 is 6.04 Å². The third-order valence-electron chi connectivity index (χ3n) is 2.85. The number of hydrogen-bond donors (Lipinski definition) is 1. The molecule has 0 aliphatic heterocycles. The average molecular weight is 255 g/mol. The summed E-state index contributed by atoms with van der Waals surface area (Å²) in [7, 11) is 0. The second-order valence-electron chi connectivity index (χ2n) is 4.14. The molecule has 4 nitrogen and oxygen atoms in total. The molecule has 4 heteroatoms. The molecule has 1 rings (SSSR count). The molecule has 0 saturated heterocycles. The minimum absolute atomic E-state index is 0.187. The number of likely N-dealkylation sites (N-methyl/N-ethyl adjacent to an activating group) is 1. The summed E-state index contributed by atoms with van der Waals surface area (Å²) >= 11 is 0. The van der Waals surface area contributed by atoms with E-state index in [-0.39, 0.29) is 12.3 Å². The number of carbonyl (C=O) groups is 1. The van der Waals surface area contributed by atoms with Gasteiger partial charge in [0, 0.05) is 19.5 Å². The Bertz CT molecular complexity index is 525. The number of amides is 1. The van der Waals surface area contributed by atoms with Crippen LogP contribution in [0.15, 0.2) is 24.3 Å². The molecule has 0 bridgehead atoms. The van der Waals surface area contributed by atoms with E-state index in [4.69, 9.17) is 17.4 Å². The molecule has 98 valence electrons. The zero-order valence-electron chi connectivity index (χ0n) is 11.0. The Balaban J connectivity index is 2.86. The van der Waals surface area contributed by atoms with Crippen LogP contribution < -0.4 is 5.73 Å². The van der Waals surface area contributed by atoms with Gasteiger partial charge in [-0.1, -0.05) is 18.2 Å². The van der Waals surface area contributed by atoms with Crippen LogP contribution in [0.3, 0.4) is 0 Å². The van der Waals surface area contributed by atoms with E-state index in [0.717, 1.165) is 5.56 Å². The number of hydrogen-bond acceptors (Lipinski definition) is 3. The van der Waals surface area contributed by atoms with Gasteiger partial charge < -0.3 is 10.6 Å². The quantitative estimate of drug-likeness (QED) is 0.805. The van der Waals surface area contributed by atoms with Gasteiger partial charge in [-0.3, -0.25) is 4.79 Å². The van der Waals surface area contributed by atoms with Crippen molar-refractivity contribution in [2.75, 3.05) is 6.54 Å². The summed E-state index contributed by atoms with van der Waals surface area (Å²) in [6.07, 6.45) is 5.38. The predicted molar refractivity (Wildman–Crippen MR) is 73.7 cm³/mol. The maximum absolute atomic E-state index is 12.1. The van der Waals surface area contributed by atoms with E-state index in [1.807, 2.05) is 19.1 Å². The molecule has 0 radical (unpaired) electrons. The summed E-state index contributed by atoms with van der Waals surface area (Å²) in [6.45, 7) is 2.77. The van der Waals surface area contributed by atoms with Gasteiger partial charge in [-0.25, -0.2) is 0 Å². The van der Waals surface area contributed by atoms with Gasteiger partial charge in [-0.2, -0.15) is 5.26 Å². The number of carbonyl (C=O) groups excluding carboxylic acids is 1. The van der Waals surface area contributed by atoms with Crippen molar-refractivity contribution in [1.82, 2.24) is 4.90 Å². The summed E-state index contributed by atoms with van der Waals surface area (Å²) in [5.41, 5.74) is 7.11. The third-order valence-corrected chi connectivity index (χ3v) is 2.85.